The maximum atomic E-state index is 13.1. The predicted molar refractivity (Wildman–Crippen MR) is 124 cm³/mol. The number of anilines is 1. The Hall–Kier alpha value is -2.70. The minimum Gasteiger partial charge on any atom is -0.492 e. The minimum absolute atomic E-state index is 0.0800. The van der Waals surface area contributed by atoms with E-state index < -0.39 is 25.9 Å². The Kier molecular flexibility index (Phi) is 9.20. The van der Waals surface area contributed by atoms with Crippen molar-refractivity contribution in [2.75, 3.05) is 44.4 Å². The van der Waals surface area contributed by atoms with Gasteiger partial charge in [0, 0.05) is 27.1 Å². The van der Waals surface area contributed by atoms with E-state index >= 15 is 0 Å². The fourth-order valence-corrected chi connectivity index (χ4v) is 4.71. The van der Waals surface area contributed by atoms with Crippen molar-refractivity contribution in [3.05, 3.63) is 54.3 Å². The van der Waals surface area contributed by atoms with Crippen LogP contribution in [0, 0.1) is 5.82 Å². The topological polar surface area (TPSA) is 113 Å². The van der Waals surface area contributed by atoms with Gasteiger partial charge in [-0.05, 0) is 55.0 Å². The lowest BCUT2D eigenvalue weighted by atomic mass is 10.2. The zero-order valence-electron chi connectivity index (χ0n) is 18.7. The van der Waals surface area contributed by atoms with E-state index in [-0.39, 0.29) is 43.3 Å². The third kappa shape index (κ3) is 7.98. The van der Waals surface area contributed by atoms with Gasteiger partial charge in [-0.1, -0.05) is 0 Å². The first kappa shape index (κ1) is 26.6. The van der Waals surface area contributed by atoms with Gasteiger partial charge in [0.05, 0.1) is 23.4 Å². The predicted octanol–water partition coefficient (Wildman–Crippen LogP) is 1.82. The average molecular weight is 502 g/mol. The molecule has 0 spiro atoms. The number of amides is 1. The summed E-state index contributed by atoms with van der Waals surface area (Å²) in [6.45, 7) is 0.484. The molecule has 2 aromatic carbocycles. The van der Waals surface area contributed by atoms with Gasteiger partial charge < -0.3 is 10.1 Å². The van der Waals surface area contributed by atoms with Crippen LogP contribution in [-0.4, -0.2) is 67.1 Å². The van der Waals surface area contributed by atoms with Crippen LogP contribution in [0.3, 0.4) is 0 Å². The number of sulfonamides is 2. The second kappa shape index (κ2) is 11.4. The number of benzene rings is 2. The number of hydrogen-bond acceptors (Lipinski definition) is 6. The van der Waals surface area contributed by atoms with Crippen molar-refractivity contribution in [2.24, 2.45) is 0 Å². The number of carbonyl (C=O) groups is 1. The summed E-state index contributed by atoms with van der Waals surface area (Å²) >= 11 is 0. The van der Waals surface area contributed by atoms with Crippen LogP contribution in [0.5, 0.6) is 5.75 Å². The SMILES string of the molecule is CN(C)S(=O)(=O)c1ccc(OCCNC(=O)CCCN(c2ccc(F)cc2)S(C)(=O)=O)cc1. The van der Waals surface area contributed by atoms with E-state index in [1.807, 2.05) is 0 Å². The lowest BCUT2D eigenvalue weighted by molar-refractivity contribution is -0.121. The first-order chi connectivity index (χ1) is 15.4. The van der Waals surface area contributed by atoms with Gasteiger partial charge in [0.15, 0.2) is 0 Å². The van der Waals surface area contributed by atoms with Crippen molar-refractivity contribution in [1.82, 2.24) is 9.62 Å². The molecule has 2 rings (SSSR count). The summed E-state index contributed by atoms with van der Waals surface area (Å²) in [4.78, 5) is 12.2. The number of nitrogens with one attached hydrogen (secondary N) is 1. The van der Waals surface area contributed by atoms with Gasteiger partial charge in [-0.3, -0.25) is 9.10 Å². The van der Waals surface area contributed by atoms with E-state index in [0.29, 0.717) is 11.4 Å². The molecule has 182 valence electrons. The molecule has 0 unspecified atom stereocenters. The summed E-state index contributed by atoms with van der Waals surface area (Å²) in [7, 11) is -4.19. The zero-order chi connectivity index (χ0) is 24.6. The number of rotatable bonds is 12. The molecule has 0 heterocycles. The summed E-state index contributed by atoms with van der Waals surface area (Å²) in [5.41, 5.74) is 0.331. The lowest BCUT2D eigenvalue weighted by Gasteiger charge is -2.22. The molecule has 12 heteroatoms. The van der Waals surface area contributed by atoms with Gasteiger partial charge in [0.1, 0.15) is 18.2 Å². The fourth-order valence-electron chi connectivity index (χ4n) is 2.84. The molecule has 0 aliphatic heterocycles. The molecule has 1 amide bonds. The second-order valence-electron chi connectivity index (χ2n) is 7.37. The van der Waals surface area contributed by atoms with Gasteiger partial charge in [0.2, 0.25) is 26.0 Å². The van der Waals surface area contributed by atoms with Crippen LogP contribution in [0.4, 0.5) is 10.1 Å². The molecule has 0 aromatic heterocycles. The van der Waals surface area contributed by atoms with Crippen LogP contribution in [0.15, 0.2) is 53.4 Å². The Balaban J connectivity index is 1.75. The quantitative estimate of drug-likeness (QED) is 0.444. The fraction of sp³-hybridized carbons (Fsp3) is 0.381. The Morgan fingerprint density at radius 2 is 1.61 bits per heavy atom. The van der Waals surface area contributed by atoms with Crippen LogP contribution >= 0.6 is 0 Å². The van der Waals surface area contributed by atoms with Crippen LogP contribution in [0.2, 0.25) is 0 Å². The van der Waals surface area contributed by atoms with Crippen molar-refractivity contribution >= 4 is 31.6 Å². The molecule has 0 saturated heterocycles. The summed E-state index contributed by atoms with van der Waals surface area (Å²) in [6, 6.07) is 11.0. The Morgan fingerprint density at radius 3 is 2.15 bits per heavy atom. The van der Waals surface area contributed by atoms with Crippen LogP contribution in [0.25, 0.3) is 0 Å². The molecule has 0 radical (unpaired) electrons. The van der Waals surface area contributed by atoms with Crippen molar-refractivity contribution < 1.29 is 30.8 Å². The van der Waals surface area contributed by atoms with Crippen molar-refractivity contribution in [1.29, 1.82) is 0 Å². The highest BCUT2D eigenvalue weighted by molar-refractivity contribution is 7.92. The molecule has 0 bridgehead atoms. The molecule has 9 nitrogen and oxygen atoms in total. The van der Waals surface area contributed by atoms with Crippen LogP contribution < -0.4 is 14.4 Å². The standard InChI is InChI=1S/C21H28FN3O6S2/c1-24(2)33(29,30)20-12-10-19(11-13-20)31-16-14-23-21(26)5-4-15-25(32(3,27)28)18-8-6-17(22)7-9-18/h6-13H,4-5,14-16H2,1-3H3,(H,23,26). The maximum absolute atomic E-state index is 13.1. The van der Waals surface area contributed by atoms with E-state index in [9.17, 15) is 26.0 Å². The average Bonchev–Trinajstić information content (AvgIpc) is 2.74. The number of ether oxygens (including phenoxy) is 1. The number of halogens is 1. The monoisotopic (exact) mass is 501 g/mol. The van der Waals surface area contributed by atoms with Gasteiger partial charge in [-0.2, -0.15) is 0 Å². The number of nitrogens with zero attached hydrogens (tertiary/aromatic N) is 2. The summed E-state index contributed by atoms with van der Waals surface area (Å²) in [5, 5.41) is 2.68. The van der Waals surface area contributed by atoms with E-state index in [1.54, 1.807) is 0 Å². The molecule has 0 saturated carbocycles. The van der Waals surface area contributed by atoms with Gasteiger partial charge in [-0.15, -0.1) is 0 Å². The number of hydrogen-bond donors (Lipinski definition) is 1. The van der Waals surface area contributed by atoms with Gasteiger partial charge in [-0.25, -0.2) is 25.5 Å². The maximum Gasteiger partial charge on any atom is 0.242 e. The molecular weight excluding hydrogens is 473 g/mol. The van der Waals surface area contributed by atoms with Crippen LogP contribution in [-0.2, 0) is 24.8 Å². The molecule has 33 heavy (non-hydrogen) atoms. The first-order valence-electron chi connectivity index (χ1n) is 10.1. The van der Waals surface area contributed by atoms with Gasteiger partial charge >= 0.3 is 0 Å². The lowest BCUT2D eigenvalue weighted by Crippen LogP contribution is -2.32. The highest BCUT2D eigenvalue weighted by Crippen LogP contribution is 2.19. The van der Waals surface area contributed by atoms with E-state index in [2.05, 4.69) is 5.32 Å². The summed E-state index contributed by atoms with van der Waals surface area (Å²) in [5.74, 6) is -0.271. The summed E-state index contributed by atoms with van der Waals surface area (Å²) < 4.78 is 69.0. The summed E-state index contributed by atoms with van der Waals surface area (Å²) in [6.07, 6.45) is 1.43. The molecular formula is C21H28FN3O6S2. The highest BCUT2D eigenvalue weighted by Gasteiger charge is 2.18. The highest BCUT2D eigenvalue weighted by atomic mass is 32.2. The van der Waals surface area contributed by atoms with E-state index in [1.165, 1.54) is 62.6 Å². The third-order valence-corrected chi connectivity index (χ3v) is 7.60. The minimum atomic E-state index is -3.58. The van der Waals surface area contributed by atoms with Crippen molar-refractivity contribution in [3.63, 3.8) is 0 Å². The normalized spacial score (nSPS) is 11.9. The second-order valence-corrected chi connectivity index (χ2v) is 11.4. The molecule has 0 fully saturated rings. The molecule has 0 atom stereocenters. The smallest absolute Gasteiger partial charge is 0.242 e. The Bertz CT molecular complexity index is 1140. The Labute approximate surface area is 194 Å². The number of carbonyl (C=O) groups excluding carboxylic acids is 1. The molecule has 0 aliphatic carbocycles. The van der Waals surface area contributed by atoms with Crippen molar-refractivity contribution in [2.45, 2.75) is 17.7 Å². The molecule has 2 aromatic rings. The van der Waals surface area contributed by atoms with Crippen molar-refractivity contribution in [3.8, 4) is 5.75 Å². The molecule has 0 aliphatic rings. The first-order valence-corrected chi connectivity index (χ1v) is 13.4. The largest absolute Gasteiger partial charge is 0.492 e. The van der Waals surface area contributed by atoms with Crippen LogP contribution in [0.1, 0.15) is 12.8 Å². The van der Waals surface area contributed by atoms with E-state index in [0.717, 1.165) is 14.9 Å². The van der Waals surface area contributed by atoms with Gasteiger partial charge in [0.25, 0.3) is 0 Å². The zero-order valence-corrected chi connectivity index (χ0v) is 20.3. The molecule has 1 N–H and O–H groups in total. The van der Waals surface area contributed by atoms with E-state index in [4.69, 9.17) is 4.74 Å². The Morgan fingerprint density at radius 1 is 1.00 bits per heavy atom. The third-order valence-electron chi connectivity index (χ3n) is 4.58.